The van der Waals surface area contributed by atoms with E-state index in [-0.39, 0.29) is 6.04 Å². The monoisotopic (exact) mass is 325 g/mol. The predicted molar refractivity (Wildman–Crippen MR) is 80.0 cm³/mol. The molecule has 4 heteroatoms. The number of hydrogen-bond donors (Lipinski definition) is 1. The quantitative estimate of drug-likeness (QED) is 0.878. The van der Waals surface area contributed by atoms with Crippen LogP contribution >= 0.6 is 27.3 Å². The molecule has 1 heterocycles. The standard InChI is InChI=1S/C14H16BrNOS/c1-2-14(16)10-3-5-12(6-4-10)17-8-13-7-11(15)9-18-13/h3-7,9,14H,2,8,16H2,1H3. The smallest absolute Gasteiger partial charge is 0.122 e. The van der Waals surface area contributed by atoms with E-state index in [4.69, 9.17) is 10.5 Å². The topological polar surface area (TPSA) is 35.2 Å². The molecule has 0 amide bonds. The van der Waals surface area contributed by atoms with Gasteiger partial charge in [-0.2, -0.15) is 0 Å². The molecule has 0 saturated carbocycles. The number of rotatable bonds is 5. The minimum atomic E-state index is 0.118. The van der Waals surface area contributed by atoms with E-state index < -0.39 is 0 Å². The molecule has 0 aliphatic heterocycles. The molecule has 1 aromatic heterocycles. The maximum absolute atomic E-state index is 5.97. The molecule has 1 atom stereocenters. The highest BCUT2D eigenvalue weighted by Crippen LogP contribution is 2.23. The maximum Gasteiger partial charge on any atom is 0.122 e. The summed E-state index contributed by atoms with van der Waals surface area (Å²) in [5, 5.41) is 2.06. The van der Waals surface area contributed by atoms with Gasteiger partial charge in [-0.05, 0) is 46.1 Å². The molecule has 2 nitrogen and oxygen atoms in total. The van der Waals surface area contributed by atoms with E-state index in [2.05, 4.69) is 34.3 Å². The summed E-state index contributed by atoms with van der Waals surface area (Å²) in [5.41, 5.74) is 7.12. The number of thiophene rings is 1. The molecule has 0 radical (unpaired) electrons. The highest BCUT2D eigenvalue weighted by Gasteiger charge is 2.03. The summed E-state index contributed by atoms with van der Waals surface area (Å²) in [4.78, 5) is 1.20. The lowest BCUT2D eigenvalue weighted by atomic mass is 10.1. The lowest BCUT2D eigenvalue weighted by Crippen LogP contribution is -2.08. The predicted octanol–water partition coefficient (Wildman–Crippen LogP) is 4.50. The summed E-state index contributed by atoms with van der Waals surface area (Å²) in [6.45, 7) is 2.69. The zero-order valence-corrected chi connectivity index (χ0v) is 12.6. The summed E-state index contributed by atoms with van der Waals surface area (Å²) in [6.07, 6.45) is 0.948. The third-order valence-corrected chi connectivity index (χ3v) is 4.42. The number of nitrogens with two attached hydrogens (primary N) is 1. The van der Waals surface area contributed by atoms with E-state index in [0.29, 0.717) is 6.61 Å². The molecule has 0 fully saturated rings. The van der Waals surface area contributed by atoms with Gasteiger partial charge in [0.1, 0.15) is 12.4 Å². The summed E-state index contributed by atoms with van der Waals surface area (Å²) >= 11 is 5.12. The second-order valence-corrected chi connectivity index (χ2v) is 6.02. The third kappa shape index (κ3) is 3.57. The Morgan fingerprint density at radius 3 is 2.61 bits per heavy atom. The van der Waals surface area contributed by atoms with Crippen LogP contribution < -0.4 is 10.5 Å². The zero-order chi connectivity index (χ0) is 13.0. The molecule has 2 N–H and O–H groups in total. The SMILES string of the molecule is CCC(N)c1ccc(OCc2cc(Br)cs2)cc1. The van der Waals surface area contributed by atoms with Crippen molar-refractivity contribution in [3.05, 3.63) is 50.6 Å². The molecule has 0 saturated heterocycles. The van der Waals surface area contributed by atoms with E-state index in [9.17, 15) is 0 Å². The Balaban J connectivity index is 1.94. The molecule has 2 rings (SSSR count). The van der Waals surface area contributed by atoms with Crippen LogP contribution in [0.1, 0.15) is 29.8 Å². The Morgan fingerprint density at radius 1 is 1.33 bits per heavy atom. The number of benzene rings is 1. The average Bonchev–Trinajstić information content (AvgIpc) is 2.82. The molecule has 18 heavy (non-hydrogen) atoms. The number of hydrogen-bond acceptors (Lipinski definition) is 3. The summed E-state index contributed by atoms with van der Waals surface area (Å²) < 4.78 is 6.83. The van der Waals surface area contributed by atoms with E-state index in [1.54, 1.807) is 11.3 Å². The molecular weight excluding hydrogens is 310 g/mol. The Morgan fingerprint density at radius 2 is 2.06 bits per heavy atom. The van der Waals surface area contributed by atoms with Crippen LogP contribution in [0.5, 0.6) is 5.75 Å². The molecular formula is C14H16BrNOS. The van der Waals surface area contributed by atoms with E-state index in [1.807, 2.05) is 24.3 Å². The molecule has 2 aromatic rings. The van der Waals surface area contributed by atoms with Crippen LogP contribution in [-0.2, 0) is 6.61 Å². The van der Waals surface area contributed by atoms with Crippen molar-refractivity contribution in [2.75, 3.05) is 0 Å². The van der Waals surface area contributed by atoms with E-state index >= 15 is 0 Å². The van der Waals surface area contributed by atoms with Crippen molar-refractivity contribution in [3.8, 4) is 5.75 Å². The maximum atomic E-state index is 5.97. The summed E-state index contributed by atoms with van der Waals surface area (Å²) in [5.74, 6) is 0.881. The molecule has 0 aliphatic rings. The highest BCUT2D eigenvalue weighted by molar-refractivity contribution is 9.10. The fraction of sp³-hybridized carbons (Fsp3) is 0.286. The van der Waals surface area contributed by atoms with Crippen molar-refractivity contribution in [1.82, 2.24) is 0 Å². The minimum absolute atomic E-state index is 0.118. The van der Waals surface area contributed by atoms with Gasteiger partial charge in [0, 0.05) is 20.8 Å². The Bertz CT molecular complexity index is 495. The van der Waals surface area contributed by atoms with Gasteiger partial charge in [0.15, 0.2) is 0 Å². The van der Waals surface area contributed by atoms with Crippen LogP contribution in [0.3, 0.4) is 0 Å². The lowest BCUT2D eigenvalue weighted by molar-refractivity contribution is 0.309. The van der Waals surface area contributed by atoms with Crippen molar-refractivity contribution < 1.29 is 4.74 Å². The lowest BCUT2D eigenvalue weighted by Gasteiger charge is -2.10. The second kappa shape index (κ2) is 6.36. The van der Waals surface area contributed by atoms with Crippen LogP contribution in [0.15, 0.2) is 40.2 Å². The van der Waals surface area contributed by atoms with Crippen LogP contribution in [0.4, 0.5) is 0 Å². The Hall–Kier alpha value is -0.840. The fourth-order valence-electron chi connectivity index (χ4n) is 1.63. The number of halogens is 1. The zero-order valence-electron chi connectivity index (χ0n) is 10.2. The van der Waals surface area contributed by atoms with Gasteiger partial charge >= 0.3 is 0 Å². The first-order chi connectivity index (χ1) is 8.69. The summed E-state index contributed by atoms with van der Waals surface area (Å²) in [7, 11) is 0. The van der Waals surface area contributed by atoms with Gasteiger partial charge in [0.05, 0.1) is 0 Å². The van der Waals surface area contributed by atoms with Crippen LogP contribution in [-0.4, -0.2) is 0 Å². The van der Waals surface area contributed by atoms with Crippen LogP contribution in [0, 0.1) is 0 Å². The summed E-state index contributed by atoms with van der Waals surface area (Å²) in [6, 6.07) is 10.2. The first kappa shape index (κ1) is 13.6. The molecule has 1 aromatic carbocycles. The van der Waals surface area contributed by atoms with Crippen LogP contribution in [0.25, 0.3) is 0 Å². The largest absolute Gasteiger partial charge is 0.488 e. The van der Waals surface area contributed by atoms with Gasteiger partial charge in [-0.3, -0.25) is 0 Å². The minimum Gasteiger partial charge on any atom is -0.488 e. The Kier molecular flexibility index (Phi) is 4.80. The normalized spacial score (nSPS) is 12.4. The molecule has 96 valence electrons. The van der Waals surface area contributed by atoms with E-state index in [1.165, 1.54) is 4.88 Å². The fourth-order valence-corrected chi connectivity index (χ4v) is 2.99. The number of ether oxygens (including phenoxy) is 1. The molecule has 0 bridgehead atoms. The molecule has 0 spiro atoms. The van der Waals surface area contributed by atoms with Crippen molar-refractivity contribution in [3.63, 3.8) is 0 Å². The van der Waals surface area contributed by atoms with Gasteiger partial charge in [0.2, 0.25) is 0 Å². The first-order valence-electron chi connectivity index (χ1n) is 5.90. The van der Waals surface area contributed by atoms with E-state index in [0.717, 1.165) is 22.2 Å². The van der Waals surface area contributed by atoms with Crippen LogP contribution in [0.2, 0.25) is 0 Å². The second-order valence-electron chi connectivity index (χ2n) is 4.10. The van der Waals surface area contributed by atoms with Crippen molar-refractivity contribution in [1.29, 1.82) is 0 Å². The highest BCUT2D eigenvalue weighted by atomic mass is 79.9. The first-order valence-corrected chi connectivity index (χ1v) is 7.57. The van der Waals surface area contributed by atoms with Crippen molar-refractivity contribution in [2.45, 2.75) is 26.0 Å². The van der Waals surface area contributed by atoms with Gasteiger partial charge in [0.25, 0.3) is 0 Å². The van der Waals surface area contributed by atoms with Gasteiger partial charge in [-0.1, -0.05) is 19.1 Å². The van der Waals surface area contributed by atoms with Gasteiger partial charge in [-0.15, -0.1) is 11.3 Å². The van der Waals surface area contributed by atoms with Crippen molar-refractivity contribution >= 4 is 27.3 Å². The third-order valence-electron chi connectivity index (χ3n) is 2.75. The van der Waals surface area contributed by atoms with Gasteiger partial charge in [-0.25, -0.2) is 0 Å². The molecule has 1 unspecified atom stereocenters. The van der Waals surface area contributed by atoms with Crippen molar-refractivity contribution in [2.24, 2.45) is 5.73 Å². The molecule has 0 aliphatic carbocycles. The Labute approximate surface area is 120 Å². The average molecular weight is 326 g/mol. The van der Waals surface area contributed by atoms with Gasteiger partial charge < -0.3 is 10.5 Å².